The van der Waals surface area contributed by atoms with Gasteiger partial charge < -0.3 is 19.7 Å². The molecule has 0 aromatic heterocycles. The van der Waals surface area contributed by atoms with E-state index in [1.54, 1.807) is 0 Å². The summed E-state index contributed by atoms with van der Waals surface area (Å²) in [5, 5.41) is 21.0. The summed E-state index contributed by atoms with van der Waals surface area (Å²) in [5.41, 5.74) is 4.84. The number of benzene rings is 4. The first-order chi connectivity index (χ1) is 19.7. The first-order valence-corrected chi connectivity index (χ1v) is 14.0. The molecule has 4 nitrogen and oxygen atoms in total. The highest BCUT2D eigenvalue weighted by molar-refractivity contribution is 5.26. The molecule has 2 N–H and O–H groups in total. The molecule has 40 heavy (non-hydrogen) atoms. The van der Waals surface area contributed by atoms with Gasteiger partial charge in [-0.25, -0.2) is 0 Å². The highest BCUT2D eigenvalue weighted by atomic mass is 16.7. The molecular formula is C36H36O4. The van der Waals surface area contributed by atoms with Crippen LogP contribution in [0.1, 0.15) is 35.1 Å². The van der Waals surface area contributed by atoms with Crippen molar-refractivity contribution in [2.45, 2.75) is 38.5 Å². The lowest BCUT2D eigenvalue weighted by atomic mass is 9.85. The molecule has 0 amide bonds. The summed E-state index contributed by atoms with van der Waals surface area (Å²) in [6.45, 7) is 0. The van der Waals surface area contributed by atoms with E-state index in [0.717, 1.165) is 38.5 Å². The van der Waals surface area contributed by atoms with Gasteiger partial charge in [0.05, 0.1) is 0 Å². The Morgan fingerprint density at radius 1 is 0.425 bits per heavy atom. The fourth-order valence-corrected chi connectivity index (χ4v) is 5.39. The van der Waals surface area contributed by atoms with E-state index >= 15 is 0 Å². The van der Waals surface area contributed by atoms with Crippen molar-refractivity contribution in [2.24, 2.45) is 11.8 Å². The predicted octanol–water partition coefficient (Wildman–Crippen LogP) is 8.47. The van der Waals surface area contributed by atoms with E-state index in [4.69, 9.17) is 9.47 Å². The van der Waals surface area contributed by atoms with E-state index < -0.39 is 11.9 Å². The number of aliphatic hydroxyl groups is 2. The average Bonchev–Trinajstić information content (AvgIpc) is 3.01. The molecule has 1 heterocycles. The Morgan fingerprint density at radius 2 is 0.725 bits per heavy atom. The van der Waals surface area contributed by atoms with Crippen LogP contribution < -0.4 is 0 Å². The smallest absolute Gasteiger partial charge is 0.367 e. The Balaban J connectivity index is 1.51. The number of hydrogen-bond acceptors (Lipinski definition) is 4. The van der Waals surface area contributed by atoms with E-state index in [2.05, 4.69) is 72.8 Å². The normalized spacial score (nSPS) is 14.8. The molecule has 0 bridgehead atoms. The van der Waals surface area contributed by atoms with Crippen LogP contribution >= 0.6 is 0 Å². The lowest BCUT2D eigenvalue weighted by molar-refractivity contribution is -0.00452. The molecule has 4 heteroatoms. The van der Waals surface area contributed by atoms with E-state index in [9.17, 15) is 10.2 Å². The van der Waals surface area contributed by atoms with Crippen LogP contribution in [0.2, 0.25) is 0 Å². The van der Waals surface area contributed by atoms with Crippen molar-refractivity contribution in [3.63, 3.8) is 0 Å². The largest absolute Gasteiger partial charge is 0.476 e. The van der Waals surface area contributed by atoms with Crippen LogP contribution in [0.15, 0.2) is 145 Å². The molecule has 0 radical (unpaired) electrons. The van der Waals surface area contributed by atoms with Gasteiger partial charge in [0, 0.05) is 11.8 Å². The van der Waals surface area contributed by atoms with Crippen LogP contribution in [0, 0.1) is 11.8 Å². The van der Waals surface area contributed by atoms with E-state index in [1.165, 1.54) is 22.3 Å². The molecule has 0 aliphatic carbocycles. The monoisotopic (exact) mass is 532 g/mol. The second-order valence-corrected chi connectivity index (χ2v) is 10.4. The van der Waals surface area contributed by atoms with Gasteiger partial charge in [0.2, 0.25) is 0 Å². The first-order valence-electron chi connectivity index (χ1n) is 14.0. The van der Waals surface area contributed by atoms with Crippen molar-refractivity contribution in [3.8, 4) is 0 Å². The fourth-order valence-electron chi connectivity index (χ4n) is 5.39. The maximum atomic E-state index is 10.5. The Hall–Kier alpha value is -4.44. The number of ether oxygens (including phenoxy) is 2. The van der Waals surface area contributed by atoms with Gasteiger partial charge in [0.15, 0.2) is 0 Å². The topological polar surface area (TPSA) is 58.9 Å². The van der Waals surface area contributed by atoms with E-state index in [1.807, 2.05) is 48.5 Å². The van der Waals surface area contributed by atoms with Crippen molar-refractivity contribution in [2.75, 3.05) is 0 Å². The summed E-state index contributed by atoms with van der Waals surface area (Å²) in [6.07, 6.45) is 4.74. The quantitative estimate of drug-likeness (QED) is 0.192. The number of allylic oxidation sites excluding steroid dienone is 2. The molecule has 1 aliphatic rings. The molecule has 4 aromatic rings. The van der Waals surface area contributed by atoms with Crippen LogP contribution in [0.4, 0.5) is 0 Å². The highest BCUT2D eigenvalue weighted by Gasteiger charge is 2.34. The highest BCUT2D eigenvalue weighted by Crippen LogP contribution is 2.38. The molecule has 5 rings (SSSR count). The second-order valence-electron chi connectivity index (χ2n) is 10.4. The third-order valence-electron chi connectivity index (χ3n) is 7.48. The minimum Gasteiger partial charge on any atom is -0.476 e. The van der Waals surface area contributed by atoms with E-state index in [-0.39, 0.29) is 11.8 Å². The summed E-state index contributed by atoms with van der Waals surface area (Å²) >= 11 is 0. The Kier molecular flexibility index (Phi) is 9.21. The summed E-state index contributed by atoms with van der Waals surface area (Å²) in [5.74, 6) is -0.102. The van der Waals surface area contributed by atoms with Crippen molar-refractivity contribution in [1.82, 2.24) is 0 Å². The van der Waals surface area contributed by atoms with Crippen molar-refractivity contribution in [1.29, 1.82) is 0 Å². The average molecular weight is 533 g/mol. The minimum atomic E-state index is -0.585. The summed E-state index contributed by atoms with van der Waals surface area (Å²) in [7, 11) is 0. The Bertz CT molecular complexity index is 1290. The van der Waals surface area contributed by atoms with Crippen LogP contribution in [0.3, 0.4) is 0 Å². The molecular weight excluding hydrogens is 496 g/mol. The van der Waals surface area contributed by atoms with Crippen molar-refractivity contribution < 1.29 is 19.7 Å². The standard InChI is InChI=1S/C36H36O4/c37-35-36(38)40-34(32(26-30-19-11-4-12-20-30)24-22-28-15-7-2-8-16-28)33(39-35)31(25-29-17-9-3-10-18-29)23-21-27-13-5-1-6-14-27/h1-20,31-32,37-38H,21-26H2. The molecule has 204 valence electrons. The second kappa shape index (κ2) is 13.6. The fraction of sp³-hybridized carbons (Fsp3) is 0.222. The van der Waals surface area contributed by atoms with Gasteiger partial charge >= 0.3 is 11.9 Å². The van der Waals surface area contributed by atoms with Gasteiger partial charge in [-0.05, 0) is 60.8 Å². The first kappa shape index (κ1) is 27.1. The zero-order valence-electron chi connectivity index (χ0n) is 22.7. The van der Waals surface area contributed by atoms with Gasteiger partial charge in [-0.15, -0.1) is 0 Å². The molecule has 0 spiro atoms. The third kappa shape index (κ3) is 7.35. The van der Waals surface area contributed by atoms with Gasteiger partial charge in [-0.3, -0.25) is 0 Å². The summed E-state index contributed by atoms with van der Waals surface area (Å²) in [6, 6.07) is 41.4. The molecule has 2 unspecified atom stereocenters. The molecule has 0 fully saturated rings. The Morgan fingerprint density at radius 3 is 1.05 bits per heavy atom. The zero-order valence-corrected chi connectivity index (χ0v) is 22.7. The SMILES string of the molecule is OC1=C(O)OC(C(CCc2ccccc2)Cc2ccccc2)=C(C(CCc2ccccc2)Cc2ccccc2)O1. The van der Waals surface area contributed by atoms with Crippen molar-refractivity contribution in [3.05, 3.63) is 167 Å². The predicted molar refractivity (Wildman–Crippen MR) is 158 cm³/mol. The minimum absolute atomic E-state index is 0.0668. The van der Waals surface area contributed by atoms with Crippen LogP contribution in [-0.2, 0) is 35.2 Å². The number of rotatable bonds is 12. The number of aliphatic hydroxyl groups excluding tert-OH is 2. The lowest BCUT2D eigenvalue weighted by Gasteiger charge is -2.30. The van der Waals surface area contributed by atoms with E-state index in [0.29, 0.717) is 11.5 Å². The van der Waals surface area contributed by atoms with Crippen LogP contribution in [-0.4, -0.2) is 10.2 Å². The number of aryl methyl sites for hydroxylation is 2. The van der Waals surface area contributed by atoms with Crippen molar-refractivity contribution >= 4 is 0 Å². The van der Waals surface area contributed by atoms with Gasteiger partial charge in [-0.2, -0.15) is 0 Å². The lowest BCUT2D eigenvalue weighted by Crippen LogP contribution is -2.24. The molecule has 0 saturated heterocycles. The van der Waals surface area contributed by atoms with Gasteiger partial charge in [0.25, 0.3) is 0 Å². The maximum Gasteiger partial charge on any atom is 0.367 e. The Labute approximate surface area is 236 Å². The maximum absolute atomic E-state index is 10.5. The molecule has 4 aromatic carbocycles. The zero-order chi connectivity index (χ0) is 27.6. The summed E-state index contributed by atoms with van der Waals surface area (Å²) < 4.78 is 12.1. The molecule has 2 atom stereocenters. The molecule has 1 aliphatic heterocycles. The summed E-state index contributed by atoms with van der Waals surface area (Å²) in [4.78, 5) is 0. The molecule has 0 saturated carbocycles. The van der Waals surface area contributed by atoms with Gasteiger partial charge in [-0.1, -0.05) is 121 Å². The third-order valence-corrected chi connectivity index (χ3v) is 7.48. The van der Waals surface area contributed by atoms with Gasteiger partial charge in [0.1, 0.15) is 11.5 Å². The van der Waals surface area contributed by atoms with Crippen LogP contribution in [0.5, 0.6) is 0 Å². The van der Waals surface area contributed by atoms with Crippen LogP contribution in [0.25, 0.3) is 0 Å². The number of hydrogen-bond donors (Lipinski definition) is 2.